The third-order valence-corrected chi connectivity index (χ3v) is 4.47. The van der Waals surface area contributed by atoms with Crippen molar-refractivity contribution in [2.45, 2.75) is 12.8 Å². The molecule has 1 aromatic heterocycles. The van der Waals surface area contributed by atoms with E-state index in [1.165, 1.54) is 0 Å². The van der Waals surface area contributed by atoms with E-state index in [1.807, 2.05) is 30.3 Å². The Kier molecular flexibility index (Phi) is 4.80. The average Bonchev–Trinajstić information content (AvgIpc) is 3.49. The van der Waals surface area contributed by atoms with Crippen molar-refractivity contribution in [3.63, 3.8) is 0 Å². The molecule has 7 nitrogen and oxygen atoms in total. The topological polar surface area (TPSA) is 85.3 Å². The molecule has 1 aliphatic rings. The number of hydrogen-bond acceptors (Lipinski definition) is 4. The lowest BCUT2D eigenvalue weighted by Crippen LogP contribution is -2.16. The van der Waals surface area contributed by atoms with Gasteiger partial charge in [-0.2, -0.15) is 5.10 Å². The Balaban J connectivity index is 1.61. The van der Waals surface area contributed by atoms with E-state index >= 15 is 0 Å². The summed E-state index contributed by atoms with van der Waals surface area (Å²) in [4.78, 5) is 24.9. The lowest BCUT2D eigenvalue weighted by molar-refractivity contribution is -0.117. The van der Waals surface area contributed by atoms with Crippen molar-refractivity contribution in [3.8, 4) is 11.4 Å². The number of amides is 2. The number of hydrogen-bond donors (Lipinski definition) is 2. The van der Waals surface area contributed by atoms with Crippen LogP contribution in [0.1, 0.15) is 23.3 Å². The van der Waals surface area contributed by atoms with Crippen LogP contribution in [0.3, 0.4) is 0 Å². The minimum absolute atomic E-state index is 0.0446. The molecule has 0 spiro atoms. The minimum Gasteiger partial charge on any atom is -0.497 e. The summed E-state index contributed by atoms with van der Waals surface area (Å²) in [6.07, 6.45) is 1.79. The number of anilines is 2. The molecule has 2 amide bonds. The first-order chi connectivity index (χ1) is 13.6. The van der Waals surface area contributed by atoms with Crippen molar-refractivity contribution in [3.05, 3.63) is 66.4 Å². The van der Waals surface area contributed by atoms with E-state index in [4.69, 9.17) is 4.74 Å². The molecular formula is C21H20N4O3. The molecule has 2 aromatic carbocycles. The highest BCUT2D eigenvalue weighted by molar-refractivity contribution is 6.04. The molecule has 0 bridgehead atoms. The summed E-state index contributed by atoms with van der Waals surface area (Å²) >= 11 is 0. The predicted molar refractivity (Wildman–Crippen MR) is 106 cm³/mol. The van der Waals surface area contributed by atoms with Crippen LogP contribution in [0.2, 0.25) is 0 Å². The van der Waals surface area contributed by atoms with E-state index < -0.39 is 0 Å². The van der Waals surface area contributed by atoms with Crippen LogP contribution in [0.4, 0.5) is 11.5 Å². The lowest BCUT2D eigenvalue weighted by atomic mass is 10.3. The average molecular weight is 376 g/mol. The number of para-hydroxylation sites is 1. The Labute approximate surface area is 162 Å². The molecule has 28 heavy (non-hydrogen) atoms. The molecule has 0 unspecified atom stereocenters. The number of ether oxygens (including phenoxy) is 1. The second-order valence-electron chi connectivity index (χ2n) is 6.61. The zero-order valence-corrected chi connectivity index (χ0v) is 15.4. The number of nitrogens with zero attached hydrogens (tertiary/aromatic N) is 2. The van der Waals surface area contributed by atoms with Crippen molar-refractivity contribution in [1.82, 2.24) is 9.78 Å². The molecule has 1 aliphatic carbocycles. The third-order valence-electron chi connectivity index (χ3n) is 4.47. The van der Waals surface area contributed by atoms with Crippen molar-refractivity contribution in [1.29, 1.82) is 0 Å². The van der Waals surface area contributed by atoms with Crippen molar-refractivity contribution in [2.24, 2.45) is 5.92 Å². The first kappa shape index (κ1) is 17.8. The number of carbonyl (C=O) groups excluding carboxylic acids is 2. The molecular weight excluding hydrogens is 356 g/mol. The van der Waals surface area contributed by atoms with E-state index in [0.29, 0.717) is 17.3 Å². The van der Waals surface area contributed by atoms with Gasteiger partial charge in [-0.25, -0.2) is 4.68 Å². The summed E-state index contributed by atoms with van der Waals surface area (Å²) in [5.41, 5.74) is 1.56. The number of nitrogens with one attached hydrogen (secondary N) is 2. The maximum atomic E-state index is 12.7. The summed E-state index contributed by atoms with van der Waals surface area (Å²) in [7, 11) is 1.57. The molecule has 1 fully saturated rings. The molecule has 142 valence electrons. The van der Waals surface area contributed by atoms with Gasteiger partial charge in [0, 0.05) is 23.7 Å². The number of rotatable bonds is 6. The van der Waals surface area contributed by atoms with Gasteiger partial charge in [-0.3, -0.25) is 9.59 Å². The van der Waals surface area contributed by atoms with E-state index in [2.05, 4.69) is 15.7 Å². The fourth-order valence-electron chi connectivity index (χ4n) is 2.82. The van der Waals surface area contributed by atoms with Gasteiger partial charge in [0.1, 0.15) is 11.6 Å². The van der Waals surface area contributed by atoms with E-state index in [9.17, 15) is 9.59 Å². The van der Waals surface area contributed by atoms with Crippen LogP contribution in [-0.4, -0.2) is 28.7 Å². The molecule has 7 heteroatoms. The molecule has 4 rings (SSSR count). The van der Waals surface area contributed by atoms with E-state index in [1.54, 1.807) is 42.1 Å². The maximum Gasteiger partial charge on any atom is 0.276 e. The molecule has 2 N–H and O–H groups in total. The third kappa shape index (κ3) is 3.88. The summed E-state index contributed by atoms with van der Waals surface area (Å²) < 4.78 is 6.75. The predicted octanol–water partition coefficient (Wildman–Crippen LogP) is 3.48. The maximum absolute atomic E-state index is 12.7. The summed E-state index contributed by atoms with van der Waals surface area (Å²) in [5.74, 6) is 0.749. The Bertz CT molecular complexity index is 1010. The lowest BCUT2D eigenvalue weighted by Gasteiger charge is -2.08. The van der Waals surface area contributed by atoms with E-state index in [-0.39, 0.29) is 23.4 Å². The highest BCUT2D eigenvalue weighted by Gasteiger charge is 2.30. The fraction of sp³-hybridized carbons (Fsp3) is 0.190. The van der Waals surface area contributed by atoms with Crippen LogP contribution < -0.4 is 15.4 Å². The van der Waals surface area contributed by atoms with Gasteiger partial charge in [0.25, 0.3) is 5.91 Å². The first-order valence-corrected chi connectivity index (χ1v) is 9.06. The summed E-state index contributed by atoms with van der Waals surface area (Å²) in [6.45, 7) is 0. The van der Waals surface area contributed by atoms with Crippen LogP contribution in [0.15, 0.2) is 60.7 Å². The molecule has 0 radical (unpaired) electrons. The Morgan fingerprint density at radius 3 is 2.54 bits per heavy atom. The zero-order chi connectivity index (χ0) is 19.5. The fourth-order valence-corrected chi connectivity index (χ4v) is 2.82. The molecule has 0 aliphatic heterocycles. The second kappa shape index (κ2) is 7.56. The minimum atomic E-state index is -0.371. The van der Waals surface area contributed by atoms with Gasteiger partial charge in [0.2, 0.25) is 5.91 Å². The van der Waals surface area contributed by atoms with E-state index in [0.717, 1.165) is 18.5 Å². The molecule has 1 heterocycles. The summed E-state index contributed by atoms with van der Waals surface area (Å²) in [5, 5.41) is 10.1. The summed E-state index contributed by atoms with van der Waals surface area (Å²) in [6, 6.07) is 18.0. The molecule has 1 saturated carbocycles. The number of methoxy groups -OCH3 is 1. The number of aromatic nitrogens is 2. The van der Waals surface area contributed by atoms with Gasteiger partial charge in [0.15, 0.2) is 5.69 Å². The van der Waals surface area contributed by atoms with Crippen LogP contribution >= 0.6 is 0 Å². The highest BCUT2D eigenvalue weighted by Crippen LogP contribution is 2.30. The second-order valence-corrected chi connectivity index (χ2v) is 6.61. The Hall–Kier alpha value is -3.61. The van der Waals surface area contributed by atoms with Crippen LogP contribution in [0.25, 0.3) is 5.69 Å². The molecule has 0 saturated heterocycles. The Morgan fingerprint density at radius 1 is 1.04 bits per heavy atom. The number of carbonyl (C=O) groups is 2. The van der Waals surface area contributed by atoms with Crippen LogP contribution in [-0.2, 0) is 4.79 Å². The molecule has 3 aromatic rings. The first-order valence-electron chi connectivity index (χ1n) is 9.06. The number of benzene rings is 2. The van der Waals surface area contributed by atoms with Crippen molar-refractivity contribution < 1.29 is 14.3 Å². The van der Waals surface area contributed by atoms with Gasteiger partial charge in [-0.1, -0.05) is 24.3 Å². The highest BCUT2D eigenvalue weighted by atomic mass is 16.5. The molecule has 0 atom stereocenters. The van der Waals surface area contributed by atoms with Gasteiger partial charge < -0.3 is 15.4 Å². The van der Waals surface area contributed by atoms with Gasteiger partial charge in [-0.05, 0) is 37.1 Å². The van der Waals surface area contributed by atoms with Crippen molar-refractivity contribution in [2.75, 3.05) is 17.7 Å². The van der Waals surface area contributed by atoms with Crippen LogP contribution in [0.5, 0.6) is 5.75 Å². The SMILES string of the molecule is COc1cccc(NC(=O)c2cc(NC(=O)C3CC3)n(-c3ccccc3)n2)c1. The zero-order valence-electron chi connectivity index (χ0n) is 15.4. The quantitative estimate of drug-likeness (QED) is 0.690. The largest absolute Gasteiger partial charge is 0.497 e. The normalized spacial score (nSPS) is 13.0. The van der Waals surface area contributed by atoms with Gasteiger partial charge >= 0.3 is 0 Å². The van der Waals surface area contributed by atoms with Crippen molar-refractivity contribution >= 4 is 23.3 Å². The van der Waals surface area contributed by atoms with Gasteiger partial charge in [0.05, 0.1) is 12.8 Å². The van der Waals surface area contributed by atoms with Gasteiger partial charge in [-0.15, -0.1) is 0 Å². The van der Waals surface area contributed by atoms with Crippen LogP contribution in [0, 0.1) is 5.92 Å². The smallest absolute Gasteiger partial charge is 0.276 e. The monoisotopic (exact) mass is 376 g/mol. The Morgan fingerprint density at radius 2 is 1.82 bits per heavy atom. The standard InChI is InChI=1S/C21H20N4O3/c1-28-17-9-5-6-15(12-17)22-21(27)18-13-19(23-20(26)14-10-11-14)25(24-18)16-7-3-2-4-8-16/h2-9,12-14H,10-11H2,1H3,(H,22,27)(H,23,26).